The van der Waals surface area contributed by atoms with Crippen molar-refractivity contribution in [2.45, 2.75) is 26.2 Å². The number of amides is 1. The molecule has 0 atom stereocenters. The van der Waals surface area contributed by atoms with E-state index in [1.165, 1.54) is 11.3 Å². The number of anilines is 2. The zero-order valence-corrected chi connectivity index (χ0v) is 13.8. The average molecular weight is 304 g/mol. The van der Waals surface area contributed by atoms with E-state index in [-0.39, 0.29) is 11.3 Å². The summed E-state index contributed by atoms with van der Waals surface area (Å²) in [5.74, 6) is 0.509. The van der Waals surface area contributed by atoms with Crippen LogP contribution in [-0.2, 0) is 5.41 Å². The zero-order chi connectivity index (χ0) is 15.6. The number of pyridine rings is 1. The third kappa shape index (κ3) is 3.58. The molecule has 0 saturated heterocycles. The molecule has 2 aromatic heterocycles. The van der Waals surface area contributed by atoms with E-state index in [0.29, 0.717) is 11.4 Å². The van der Waals surface area contributed by atoms with E-state index in [1.54, 1.807) is 17.6 Å². The van der Waals surface area contributed by atoms with Gasteiger partial charge in [-0.15, -0.1) is 11.3 Å². The van der Waals surface area contributed by atoms with Gasteiger partial charge in [0, 0.05) is 31.1 Å². The summed E-state index contributed by atoms with van der Waals surface area (Å²) in [6, 6.07) is 3.63. The number of hydrogen-bond acceptors (Lipinski definition) is 5. The Bertz CT molecular complexity index is 643. The molecule has 112 valence electrons. The minimum Gasteiger partial charge on any atom is -0.361 e. The van der Waals surface area contributed by atoms with Gasteiger partial charge in [-0.05, 0) is 12.1 Å². The monoisotopic (exact) mass is 304 g/mol. The molecule has 2 heterocycles. The minimum atomic E-state index is -0.210. The molecule has 2 rings (SSSR count). The van der Waals surface area contributed by atoms with Crippen molar-refractivity contribution in [2.75, 3.05) is 24.3 Å². The van der Waals surface area contributed by atoms with Crippen LogP contribution in [0.3, 0.4) is 0 Å². The van der Waals surface area contributed by atoms with Gasteiger partial charge in [0.05, 0.1) is 10.7 Å². The molecule has 0 radical (unpaired) electrons. The van der Waals surface area contributed by atoms with Gasteiger partial charge in [-0.3, -0.25) is 4.79 Å². The molecule has 0 unspecified atom stereocenters. The molecule has 0 aliphatic heterocycles. The molecule has 0 fully saturated rings. The van der Waals surface area contributed by atoms with Crippen molar-refractivity contribution in [1.29, 1.82) is 0 Å². The number of aromatic nitrogens is 2. The van der Waals surface area contributed by atoms with Crippen LogP contribution in [0.5, 0.6) is 0 Å². The summed E-state index contributed by atoms with van der Waals surface area (Å²) in [5, 5.41) is 5.62. The summed E-state index contributed by atoms with van der Waals surface area (Å²) >= 11 is 1.51. The van der Waals surface area contributed by atoms with Gasteiger partial charge in [-0.2, -0.15) is 0 Å². The Balaban J connectivity index is 2.21. The van der Waals surface area contributed by atoms with Crippen molar-refractivity contribution in [2.24, 2.45) is 0 Å². The topological polar surface area (TPSA) is 58.1 Å². The summed E-state index contributed by atoms with van der Waals surface area (Å²) in [4.78, 5) is 22.9. The molecule has 0 aromatic carbocycles. The second-order valence-corrected chi connectivity index (χ2v) is 6.87. The SMILES string of the molecule is CN(C)c1ncccc1NC(=O)c1csc(C(C)(C)C)n1. The summed E-state index contributed by atoms with van der Waals surface area (Å²) in [7, 11) is 3.77. The van der Waals surface area contributed by atoms with Crippen LogP contribution in [0.1, 0.15) is 36.3 Å². The van der Waals surface area contributed by atoms with Crippen LogP contribution in [0, 0.1) is 0 Å². The van der Waals surface area contributed by atoms with Crippen molar-refractivity contribution in [3.05, 3.63) is 34.4 Å². The summed E-state index contributed by atoms with van der Waals surface area (Å²) in [5.41, 5.74) is 1.07. The highest BCUT2D eigenvalue weighted by atomic mass is 32.1. The van der Waals surface area contributed by atoms with E-state index in [4.69, 9.17) is 0 Å². The van der Waals surface area contributed by atoms with Crippen molar-refractivity contribution in [3.8, 4) is 0 Å². The lowest BCUT2D eigenvalue weighted by Gasteiger charge is -2.16. The third-order valence-corrected chi connectivity index (χ3v) is 4.10. The predicted molar refractivity (Wildman–Crippen MR) is 87.3 cm³/mol. The first kappa shape index (κ1) is 15.4. The molecule has 5 nitrogen and oxygen atoms in total. The first-order valence-electron chi connectivity index (χ1n) is 6.69. The summed E-state index contributed by atoms with van der Waals surface area (Å²) in [6.07, 6.45) is 1.70. The maximum atomic E-state index is 12.3. The van der Waals surface area contributed by atoms with E-state index in [1.807, 2.05) is 25.1 Å². The number of hydrogen-bond donors (Lipinski definition) is 1. The van der Waals surface area contributed by atoms with Gasteiger partial charge in [-0.1, -0.05) is 20.8 Å². The molecule has 21 heavy (non-hydrogen) atoms. The van der Waals surface area contributed by atoms with Crippen molar-refractivity contribution in [3.63, 3.8) is 0 Å². The zero-order valence-electron chi connectivity index (χ0n) is 13.0. The molecule has 0 saturated carbocycles. The van der Waals surface area contributed by atoms with Gasteiger partial charge in [0.1, 0.15) is 5.69 Å². The first-order chi connectivity index (χ1) is 9.79. The average Bonchev–Trinajstić information content (AvgIpc) is 2.88. The van der Waals surface area contributed by atoms with Crippen LogP contribution in [0.2, 0.25) is 0 Å². The fourth-order valence-electron chi connectivity index (χ4n) is 1.76. The number of nitrogens with one attached hydrogen (secondary N) is 1. The molecule has 0 bridgehead atoms. The van der Waals surface area contributed by atoms with Gasteiger partial charge >= 0.3 is 0 Å². The number of nitrogens with zero attached hydrogens (tertiary/aromatic N) is 3. The van der Waals surface area contributed by atoms with Crippen LogP contribution in [0.4, 0.5) is 11.5 Å². The Morgan fingerprint density at radius 1 is 1.33 bits per heavy atom. The van der Waals surface area contributed by atoms with Crippen LogP contribution < -0.4 is 10.2 Å². The smallest absolute Gasteiger partial charge is 0.275 e. The van der Waals surface area contributed by atoms with E-state index in [2.05, 4.69) is 36.1 Å². The highest BCUT2D eigenvalue weighted by molar-refractivity contribution is 7.10. The Kier molecular flexibility index (Phi) is 4.27. The third-order valence-electron chi connectivity index (χ3n) is 2.84. The summed E-state index contributed by atoms with van der Waals surface area (Å²) < 4.78 is 0. The lowest BCUT2D eigenvalue weighted by Crippen LogP contribution is -2.18. The van der Waals surface area contributed by atoms with Gasteiger partial charge in [0.15, 0.2) is 5.82 Å². The molecule has 6 heteroatoms. The van der Waals surface area contributed by atoms with E-state index >= 15 is 0 Å². The molecule has 0 aliphatic carbocycles. The molecular weight excluding hydrogens is 284 g/mol. The van der Waals surface area contributed by atoms with Gasteiger partial charge in [0.25, 0.3) is 5.91 Å². The fourth-order valence-corrected chi connectivity index (χ4v) is 2.65. The van der Waals surface area contributed by atoms with Crippen molar-refractivity contribution < 1.29 is 4.79 Å². The van der Waals surface area contributed by atoms with Crippen LogP contribution >= 0.6 is 11.3 Å². The number of rotatable bonds is 3. The van der Waals surface area contributed by atoms with E-state index < -0.39 is 0 Å². The molecule has 1 N–H and O–H groups in total. The second-order valence-electron chi connectivity index (χ2n) is 6.01. The quantitative estimate of drug-likeness (QED) is 0.946. The minimum absolute atomic E-state index is 0.0493. The maximum Gasteiger partial charge on any atom is 0.275 e. The highest BCUT2D eigenvalue weighted by Crippen LogP contribution is 2.26. The molecular formula is C15H20N4OS. The number of carbonyl (C=O) groups excluding carboxylic acids is 1. The lowest BCUT2D eigenvalue weighted by atomic mass is 9.98. The van der Waals surface area contributed by atoms with E-state index in [9.17, 15) is 4.79 Å². The molecule has 0 aliphatic rings. The Morgan fingerprint density at radius 2 is 2.05 bits per heavy atom. The Morgan fingerprint density at radius 3 is 2.62 bits per heavy atom. The Labute approximate surface area is 129 Å². The van der Waals surface area contributed by atoms with Crippen molar-refractivity contribution in [1.82, 2.24) is 9.97 Å². The number of thiazole rings is 1. The van der Waals surface area contributed by atoms with Gasteiger partial charge in [-0.25, -0.2) is 9.97 Å². The Hall–Kier alpha value is -1.95. The predicted octanol–water partition coefficient (Wildman–Crippen LogP) is 3.15. The summed E-state index contributed by atoms with van der Waals surface area (Å²) in [6.45, 7) is 6.25. The van der Waals surface area contributed by atoms with Crippen LogP contribution in [0.25, 0.3) is 0 Å². The number of carbonyl (C=O) groups is 1. The standard InChI is InChI=1S/C15H20N4OS/c1-15(2,3)14-18-11(9-21-14)13(20)17-10-7-6-8-16-12(10)19(4)5/h6-9H,1-5H3,(H,17,20). The molecule has 0 spiro atoms. The second kappa shape index (κ2) is 5.81. The normalized spacial score (nSPS) is 11.3. The van der Waals surface area contributed by atoms with Gasteiger partial charge in [0.2, 0.25) is 0 Å². The van der Waals surface area contributed by atoms with Crippen LogP contribution in [0.15, 0.2) is 23.7 Å². The van der Waals surface area contributed by atoms with Gasteiger partial charge < -0.3 is 10.2 Å². The van der Waals surface area contributed by atoms with Crippen molar-refractivity contribution >= 4 is 28.7 Å². The molecule has 2 aromatic rings. The lowest BCUT2D eigenvalue weighted by molar-refractivity contribution is 0.102. The highest BCUT2D eigenvalue weighted by Gasteiger charge is 2.21. The first-order valence-corrected chi connectivity index (χ1v) is 7.56. The molecule has 1 amide bonds. The van der Waals surface area contributed by atoms with E-state index in [0.717, 1.165) is 10.8 Å². The van der Waals surface area contributed by atoms with Crippen LogP contribution in [-0.4, -0.2) is 30.0 Å². The fraction of sp³-hybridized carbons (Fsp3) is 0.400. The largest absolute Gasteiger partial charge is 0.361 e. The maximum absolute atomic E-state index is 12.3.